The number of alkyl halides is 3. The SMILES string of the molecule is CN=C(NCc1ccc(COCC(F)(F)F)cc1)NCc1cccc(C)n1. The van der Waals surface area contributed by atoms with Gasteiger partial charge in [-0.25, -0.2) is 0 Å². The van der Waals surface area contributed by atoms with Gasteiger partial charge in [-0.3, -0.25) is 9.98 Å². The van der Waals surface area contributed by atoms with E-state index in [1.165, 1.54) is 0 Å². The van der Waals surface area contributed by atoms with Crippen LogP contribution in [-0.4, -0.2) is 30.8 Å². The van der Waals surface area contributed by atoms with Crippen molar-refractivity contribution in [3.8, 4) is 0 Å². The van der Waals surface area contributed by atoms with Gasteiger partial charge in [0.1, 0.15) is 6.61 Å². The molecule has 0 unspecified atom stereocenters. The van der Waals surface area contributed by atoms with Gasteiger partial charge >= 0.3 is 6.18 Å². The molecule has 1 heterocycles. The number of hydrogen-bond acceptors (Lipinski definition) is 3. The fourth-order valence-electron chi connectivity index (χ4n) is 2.32. The lowest BCUT2D eigenvalue weighted by atomic mass is 10.1. The van der Waals surface area contributed by atoms with Gasteiger partial charge in [-0.15, -0.1) is 0 Å². The molecule has 0 saturated carbocycles. The monoisotopic (exact) mass is 380 g/mol. The lowest BCUT2D eigenvalue weighted by Gasteiger charge is -2.12. The van der Waals surface area contributed by atoms with Crippen LogP contribution in [0, 0.1) is 6.92 Å². The Morgan fingerprint density at radius 3 is 2.33 bits per heavy atom. The standard InChI is InChI=1S/C19H23F3N4O/c1-14-4-3-5-17(26-14)11-25-18(23-2)24-10-15-6-8-16(9-7-15)12-27-13-19(20,21)22/h3-9H,10-13H2,1-2H3,(H2,23,24,25). The molecule has 0 aliphatic heterocycles. The molecular formula is C19H23F3N4O. The molecule has 27 heavy (non-hydrogen) atoms. The second kappa shape index (κ2) is 9.91. The van der Waals surface area contributed by atoms with Gasteiger partial charge in [-0.05, 0) is 30.2 Å². The zero-order valence-corrected chi connectivity index (χ0v) is 15.3. The summed E-state index contributed by atoms with van der Waals surface area (Å²) in [5.74, 6) is 0.635. The molecule has 0 fully saturated rings. The highest BCUT2D eigenvalue weighted by Crippen LogP contribution is 2.15. The van der Waals surface area contributed by atoms with E-state index in [1.54, 1.807) is 19.2 Å². The highest BCUT2D eigenvalue weighted by atomic mass is 19.4. The van der Waals surface area contributed by atoms with Crippen molar-refractivity contribution < 1.29 is 17.9 Å². The third-order valence-electron chi connectivity index (χ3n) is 3.62. The van der Waals surface area contributed by atoms with Crippen LogP contribution in [0.25, 0.3) is 0 Å². The van der Waals surface area contributed by atoms with Gasteiger partial charge in [-0.1, -0.05) is 30.3 Å². The van der Waals surface area contributed by atoms with Crippen molar-refractivity contribution in [2.45, 2.75) is 32.8 Å². The van der Waals surface area contributed by atoms with Gasteiger partial charge in [0.05, 0.1) is 18.8 Å². The lowest BCUT2D eigenvalue weighted by Crippen LogP contribution is -2.36. The van der Waals surface area contributed by atoms with Crippen molar-refractivity contribution in [3.63, 3.8) is 0 Å². The van der Waals surface area contributed by atoms with Crippen LogP contribution < -0.4 is 10.6 Å². The Kier molecular flexibility index (Phi) is 7.60. The summed E-state index contributed by atoms with van der Waals surface area (Å²) >= 11 is 0. The number of ether oxygens (including phenoxy) is 1. The first-order valence-electron chi connectivity index (χ1n) is 8.45. The predicted molar refractivity (Wildman–Crippen MR) is 98.2 cm³/mol. The zero-order valence-electron chi connectivity index (χ0n) is 15.3. The van der Waals surface area contributed by atoms with Crippen LogP contribution in [0.15, 0.2) is 47.5 Å². The number of hydrogen-bond donors (Lipinski definition) is 2. The van der Waals surface area contributed by atoms with E-state index in [9.17, 15) is 13.2 Å². The Labute approximate surface area is 156 Å². The minimum atomic E-state index is -4.30. The number of aromatic nitrogens is 1. The maximum absolute atomic E-state index is 12.1. The first kappa shape index (κ1) is 20.7. The van der Waals surface area contributed by atoms with Gasteiger partial charge < -0.3 is 15.4 Å². The predicted octanol–water partition coefficient (Wildman–Crippen LogP) is 3.33. The van der Waals surface area contributed by atoms with Crippen molar-refractivity contribution >= 4 is 5.96 Å². The Bertz CT molecular complexity index is 745. The Morgan fingerprint density at radius 1 is 1.04 bits per heavy atom. The molecule has 0 bridgehead atoms. The molecule has 2 aromatic rings. The summed E-state index contributed by atoms with van der Waals surface area (Å²) in [6.07, 6.45) is -4.30. The van der Waals surface area contributed by atoms with E-state index >= 15 is 0 Å². The Hall–Kier alpha value is -2.61. The van der Waals surface area contributed by atoms with Crippen LogP contribution in [0.4, 0.5) is 13.2 Å². The number of rotatable bonds is 7. The molecule has 146 valence electrons. The second-order valence-electron chi connectivity index (χ2n) is 5.97. The molecule has 0 radical (unpaired) electrons. The topological polar surface area (TPSA) is 58.5 Å². The number of guanidine groups is 1. The first-order valence-corrected chi connectivity index (χ1v) is 8.45. The molecular weight excluding hydrogens is 357 g/mol. The molecule has 0 spiro atoms. The van der Waals surface area contributed by atoms with Crippen molar-refractivity contribution in [1.29, 1.82) is 0 Å². The number of nitrogens with one attached hydrogen (secondary N) is 2. The van der Waals surface area contributed by atoms with Crippen molar-refractivity contribution in [1.82, 2.24) is 15.6 Å². The molecule has 2 N–H and O–H groups in total. The minimum Gasteiger partial charge on any atom is -0.367 e. The van der Waals surface area contributed by atoms with E-state index in [0.717, 1.165) is 17.0 Å². The van der Waals surface area contributed by atoms with Crippen LogP contribution in [-0.2, 0) is 24.4 Å². The Balaban J connectivity index is 1.77. The molecule has 0 amide bonds. The second-order valence-corrected chi connectivity index (χ2v) is 5.97. The smallest absolute Gasteiger partial charge is 0.367 e. The minimum absolute atomic E-state index is 0.0695. The van der Waals surface area contributed by atoms with Gasteiger partial charge in [0.25, 0.3) is 0 Å². The van der Waals surface area contributed by atoms with Gasteiger partial charge in [0.2, 0.25) is 0 Å². The van der Waals surface area contributed by atoms with E-state index in [1.807, 2.05) is 37.3 Å². The fraction of sp³-hybridized carbons (Fsp3) is 0.368. The van der Waals surface area contributed by atoms with Crippen LogP contribution in [0.5, 0.6) is 0 Å². The number of benzene rings is 1. The first-order chi connectivity index (χ1) is 12.9. The molecule has 0 saturated heterocycles. The normalized spacial score (nSPS) is 12.1. The maximum atomic E-state index is 12.1. The molecule has 1 aromatic carbocycles. The van der Waals surface area contributed by atoms with Crippen LogP contribution in [0.3, 0.4) is 0 Å². The summed E-state index contributed by atoms with van der Waals surface area (Å²) < 4.78 is 40.9. The van der Waals surface area contributed by atoms with E-state index in [2.05, 4.69) is 25.3 Å². The number of aryl methyl sites for hydroxylation is 1. The largest absolute Gasteiger partial charge is 0.411 e. The summed E-state index contributed by atoms with van der Waals surface area (Å²) in [4.78, 5) is 8.58. The number of nitrogens with zero attached hydrogens (tertiary/aromatic N) is 2. The molecule has 0 aliphatic carbocycles. The van der Waals surface area contributed by atoms with E-state index in [-0.39, 0.29) is 6.61 Å². The molecule has 5 nitrogen and oxygen atoms in total. The summed E-state index contributed by atoms with van der Waals surface area (Å²) in [6.45, 7) is 1.71. The molecule has 8 heteroatoms. The summed E-state index contributed by atoms with van der Waals surface area (Å²) in [5.41, 5.74) is 3.54. The van der Waals surface area contributed by atoms with Gasteiger partial charge in [0.15, 0.2) is 5.96 Å². The number of halogens is 3. The van der Waals surface area contributed by atoms with E-state index in [0.29, 0.717) is 24.6 Å². The maximum Gasteiger partial charge on any atom is 0.411 e. The van der Waals surface area contributed by atoms with E-state index < -0.39 is 12.8 Å². The molecule has 0 aliphatic rings. The third-order valence-corrected chi connectivity index (χ3v) is 3.62. The van der Waals surface area contributed by atoms with E-state index in [4.69, 9.17) is 0 Å². The van der Waals surface area contributed by atoms with Crippen molar-refractivity contribution in [2.75, 3.05) is 13.7 Å². The molecule has 1 aromatic heterocycles. The summed E-state index contributed by atoms with van der Waals surface area (Å²) in [7, 11) is 1.68. The highest BCUT2D eigenvalue weighted by Gasteiger charge is 2.27. The van der Waals surface area contributed by atoms with Crippen molar-refractivity contribution in [2.24, 2.45) is 4.99 Å². The van der Waals surface area contributed by atoms with Crippen LogP contribution in [0.1, 0.15) is 22.5 Å². The third kappa shape index (κ3) is 8.08. The average Bonchev–Trinajstić information content (AvgIpc) is 2.62. The molecule has 2 rings (SSSR count). The average molecular weight is 380 g/mol. The number of aliphatic imine (C=N–C) groups is 1. The zero-order chi connectivity index (χ0) is 19.7. The van der Waals surface area contributed by atoms with Crippen LogP contribution >= 0.6 is 0 Å². The van der Waals surface area contributed by atoms with Crippen LogP contribution in [0.2, 0.25) is 0 Å². The molecule has 0 atom stereocenters. The highest BCUT2D eigenvalue weighted by molar-refractivity contribution is 5.79. The Morgan fingerprint density at radius 2 is 1.70 bits per heavy atom. The van der Waals surface area contributed by atoms with Crippen molar-refractivity contribution in [3.05, 3.63) is 65.0 Å². The fourth-order valence-corrected chi connectivity index (χ4v) is 2.32. The lowest BCUT2D eigenvalue weighted by molar-refractivity contribution is -0.176. The quantitative estimate of drug-likeness (QED) is 0.571. The summed E-state index contributed by atoms with van der Waals surface area (Å²) in [5, 5.41) is 6.37. The van der Waals surface area contributed by atoms with Gasteiger partial charge in [0, 0.05) is 19.3 Å². The number of pyridine rings is 1. The summed E-state index contributed by atoms with van der Waals surface area (Å²) in [6, 6.07) is 13.0. The van der Waals surface area contributed by atoms with Gasteiger partial charge in [-0.2, -0.15) is 13.2 Å².